The van der Waals surface area contributed by atoms with Gasteiger partial charge in [0.25, 0.3) is 0 Å². The van der Waals surface area contributed by atoms with Crippen molar-refractivity contribution in [2.75, 3.05) is 7.05 Å². The van der Waals surface area contributed by atoms with Gasteiger partial charge in [-0.05, 0) is 72.5 Å². The molecular formula is C15H18BrNS. The zero-order chi connectivity index (χ0) is 13.0. The summed E-state index contributed by atoms with van der Waals surface area (Å²) in [5.41, 5.74) is 4.10. The van der Waals surface area contributed by atoms with Gasteiger partial charge >= 0.3 is 0 Å². The first kappa shape index (κ1) is 13.8. The maximum Gasteiger partial charge on any atom is 0.0321 e. The van der Waals surface area contributed by atoms with Crippen LogP contribution in [-0.4, -0.2) is 7.05 Å². The number of halogens is 1. The zero-order valence-electron chi connectivity index (χ0n) is 10.7. The number of aryl methyl sites for hydroxylation is 2. The van der Waals surface area contributed by atoms with E-state index in [1.165, 1.54) is 16.7 Å². The van der Waals surface area contributed by atoms with E-state index in [1.54, 1.807) is 11.3 Å². The van der Waals surface area contributed by atoms with Crippen LogP contribution in [-0.2, 0) is 6.42 Å². The van der Waals surface area contributed by atoms with Crippen molar-refractivity contribution in [2.45, 2.75) is 25.8 Å². The van der Waals surface area contributed by atoms with Crippen LogP contribution in [0, 0.1) is 6.92 Å². The Morgan fingerprint density at radius 2 is 2.17 bits per heavy atom. The SMILES string of the molecule is CNC(CCc1ccsc1)c1cc(C)cc(Br)c1. The van der Waals surface area contributed by atoms with E-state index < -0.39 is 0 Å². The lowest BCUT2D eigenvalue weighted by molar-refractivity contribution is 0.549. The fourth-order valence-corrected chi connectivity index (χ4v) is 3.52. The Bertz CT molecular complexity index is 473. The average molecular weight is 324 g/mol. The molecule has 0 saturated carbocycles. The molecule has 0 amide bonds. The summed E-state index contributed by atoms with van der Waals surface area (Å²) in [6.45, 7) is 2.14. The average Bonchev–Trinajstić information content (AvgIpc) is 2.81. The van der Waals surface area contributed by atoms with Gasteiger partial charge in [0.2, 0.25) is 0 Å². The Balaban J connectivity index is 2.07. The lowest BCUT2D eigenvalue weighted by Crippen LogP contribution is -2.17. The van der Waals surface area contributed by atoms with Crippen LogP contribution in [0.3, 0.4) is 0 Å². The highest BCUT2D eigenvalue weighted by Crippen LogP contribution is 2.24. The number of nitrogens with one attached hydrogen (secondary N) is 1. The molecule has 0 spiro atoms. The van der Waals surface area contributed by atoms with Crippen molar-refractivity contribution in [1.29, 1.82) is 0 Å². The Morgan fingerprint density at radius 1 is 1.33 bits per heavy atom. The van der Waals surface area contributed by atoms with Crippen molar-refractivity contribution in [3.05, 3.63) is 56.2 Å². The number of hydrogen-bond acceptors (Lipinski definition) is 2. The summed E-state index contributed by atoms with van der Waals surface area (Å²) in [5.74, 6) is 0. The van der Waals surface area contributed by atoms with Crippen LogP contribution in [0.25, 0.3) is 0 Å². The molecule has 0 aliphatic carbocycles. The molecule has 1 aromatic carbocycles. The minimum absolute atomic E-state index is 0.418. The molecule has 0 saturated heterocycles. The molecule has 0 aliphatic heterocycles. The van der Waals surface area contributed by atoms with Crippen LogP contribution in [0.5, 0.6) is 0 Å². The molecule has 1 N–H and O–H groups in total. The minimum atomic E-state index is 0.418. The van der Waals surface area contributed by atoms with E-state index in [2.05, 4.69) is 63.2 Å². The lowest BCUT2D eigenvalue weighted by atomic mass is 9.99. The van der Waals surface area contributed by atoms with Gasteiger partial charge in [-0.15, -0.1) is 0 Å². The molecule has 0 fully saturated rings. The fourth-order valence-electron chi connectivity index (χ4n) is 2.19. The number of benzene rings is 1. The molecule has 1 unspecified atom stereocenters. The summed E-state index contributed by atoms with van der Waals surface area (Å²) in [6, 6.07) is 9.25. The number of thiophene rings is 1. The van der Waals surface area contributed by atoms with Crippen LogP contribution < -0.4 is 5.32 Å². The van der Waals surface area contributed by atoms with E-state index in [0.717, 1.165) is 17.3 Å². The first-order chi connectivity index (χ1) is 8.69. The van der Waals surface area contributed by atoms with E-state index in [0.29, 0.717) is 6.04 Å². The highest BCUT2D eigenvalue weighted by atomic mass is 79.9. The molecule has 96 valence electrons. The molecule has 0 aliphatic rings. The van der Waals surface area contributed by atoms with E-state index >= 15 is 0 Å². The van der Waals surface area contributed by atoms with Crippen molar-refractivity contribution < 1.29 is 0 Å². The maximum atomic E-state index is 3.57. The molecule has 3 heteroatoms. The van der Waals surface area contributed by atoms with E-state index in [4.69, 9.17) is 0 Å². The van der Waals surface area contributed by atoms with Gasteiger partial charge in [0, 0.05) is 10.5 Å². The molecule has 1 nitrogen and oxygen atoms in total. The van der Waals surface area contributed by atoms with E-state index in [1.807, 2.05) is 7.05 Å². The van der Waals surface area contributed by atoms with Crippen LogP contribution in [0.2, 0.25) is 0 Å². The van der Waals surface area contributed by atoms with Crippen molar-refractivity contribution in [3.63, 3.8) is 0 Å². The zero-order valence-corrected chi connectivity index (χ0v) is 13.1. The van der Waals surface area contributed by atoms with Gasteiger partial charge in [-0.1, -0.05) is 22.0 Å². The van der Waals surface area contributed by atoms with E-state index in [-0.39, 0.29) is 0 Å². The van der Waals surface area contributed by atoms with E-state index in [9.17, 15) is 0 Å². The highest BCUT2D eigenvalue weighted by Gasteiger charge is 2.10. The Kier molecular flexibility index (Phi) is 4.98. The monoisotopic (exact) mass is 323 g/mol. The third-order valence-corrected chi connectivity index (χ3v) is 4.31. The molecular weight excluding hydrogens is 306 g/mol. The molecule has 1 aromatic heterocycles. The van der Waals surface area contributed by atoms with Gasteiger partial charge in [-0.3, -0.25) is 0 Å². The maximum absolute atomic E-state index is 3.57. The first-order valence-electron chi connectivity index (χ1n) is 6.14. The Labute approximate surface area is 121 Å². The van der Waals surface area contributed by atoms with Crippen molar-refractivity contribution in [1.82, 2.24) is 5.32 Å². The summed E-state index contributed by atoms with van der Waals surface area (Å²) < 4.78 is 1.16. The van der Waals surface area contributed by atoms with Crippen LogP contribution in [0.1, 0.15) is 29.2 Å². The molecule has 0 radical (unpaired) electrons. The second-order valence-corrected chi connectivity index (χ2v) is 6.27. The van der Waals surface area contributed by atoms with Crippen molar-refractivity contribution in [2.24, 2.45) is 0 Å². The predicted octanol–water partition coefficient (Wildman–Crippen LogP) is 4.71. The summed E-state index contributed by atoms with van der Waals surface area (Å²) in [7, 11) is 2.04. The quantitative estimate of drug-likeness (QED) is 0.840. The van der Waals surface area contributed by atoms with Gasteiger partial charge < -0.3 is 5.32 Å². The summed E-state index contributed by atoms with van der Waals surface area (Å²) in [5, 5.41) is 7.80. The lowest BCUT2D eigenvalue weighted by Gasteiger charge is -2.17. The molecule has 18 heavy (non-hydrogen) atoms. The Hall–Kier alpha value is -0.640. The van der Waals surface area contributed by atoms with Crippen LogP contribution >= 0.6 is 27.3 Å². The Morgan fingerprint density at radius 3 is 2.78 bits per heavy atom. The van der Waals surface area contributed by atoms with Gasteiger partial charge in [-0.2, -0.15) is 11.3 Å². The second kappa shape index (κ2) is 6.50. The van der Waals surface area contributed by atoms with Gasteiger partial charge in [0.1, 0.15) is 0 Å². The first-order valence-corrected chi connectivity index (χ1v) is 7.88. The normalized spacial score (nSPS) is 12.6. The molecule has 1 heterocycles. The molecule has 2 aromatic rings. The second-order valence-electron chi connectivity index (χ2n) is 4.57. The summed E-state index contributed by atoms with van der Waals surface area (Å²) in [4.78, 5) is 0. The van der Waals surface area contributed by atoms with Crippen LogP contribution in [0.15, 0.2) is 39.5 Å². The highest BCUT2D eigenvalue weighted by molar-refractivity contribution is 9.10. The molecule has 0 bridgehead atoms. The van der Waals surface area contributed by atoms with Gasteiger partial charge in [0.15, 0.2) is 0 Å². The van der Waals surface area contributed by atoms with Gasteiger partial charge in [-0.25, -0.2) is 0 Å². The van der Waals surface area contributed by atoms with Crippen LogP contribution in [0.4, 0.5) is 0 Å². The minimum Gasteiger partial charge on any atom is -0.313 e. The largest absolute Gasteiger partial charge is 0.313 e. The topological polar surface area (TPSA) is 12.0 Å². The fraction of sp³-hybridized carbons (Fsp3) is 0.333. The molecule has 1 atom stereocenters. The summed E-state index contributed by atoms with van der Waals surface area (Å²) >= 11 is 5.35. The predicted molar refractivity (Wildman–Crippen MR) is 83.3 cm³/mol. The molecule has 2 rings (SSSR count). The third kappa shape index (κ3) is 3.67. The number of hydrogen-bond donors (Lipinski definition) is 1. The number of rotatable bonds is 5. The summed E-state index contributed by atoms with van der Waals surface area (Å²) in [6.07, 6.45) is 2.25. The third-order valence-electron chi connectivity index (χ3n) is 3.12. The van der Waals surface area contributed by atoms with Gasteiger partial charge in [0.05, 0.1) is 0 Å². The van der Waals surface area contributed by atoms with Crippen molar-refractivity contribution >= 4 is 27.3 Å². The van der Waals surface area contributed by atoms with Crippen molar-refractivity contribution in [3.8, 4) is 0 Å². The smallest absolute Gasteiger partial charge is 0.0321 e. The standard InChI is InChI=1S/C15H18BrNS/c1-11-7-13(9-14(16)8-11)15(17-2)4-3-12-5-6-18-10-12/h5-10,15,17H,3-4H2,1-2H3.